The highest BCUT2D eigenvalue weighted by Gasteiger charge is 2.36. The van der Waals surface area contributed by atoms with Crippen LogP contribution in [0.4, 0.5) is 0 Å². The van der Waals surface area contributed by atoms with Gasteiger partial charge in [0.1, 0.15) is 13.2 Å². The van der Waals surface area contributed by atoms with Gasteiger partial charge < -0.3 is 25.3 Å². The number of ether oxygens (including phenoxy) is 3. The number of hydrogen-bond donors (Lipinski definition) is 2. The van der Waals surface area contributed by atoms with Crippen LogP contribution in [0, 0.1) is 0 Å². The lowest BCUT2D eigenvalue weighted by molar-refractivity contribution is -0.130. The standard InChI is InChI=1S/C16H22N2O4.ClH/c1-11(18-15(19)16(17)4-6-20-7-5-16)12-2-3-13-14(10-12)22-9-8-21-13;/h2-3,10-11H,4-9,17H2,1H3,(H,18,19);1H. The first-order chi connectivity index (χ1) is 10.6. The second-order valence-electron chi connectivity index (χ2n) is 5.87. The maximum atomic E-state index is 12.4. The van der Waals surface area contributed by atoms with Crippen molar-refractivity contribution in [2.24, 2.45) is 5.73 Å². The maximum absolute atomic E-state index is 12.4. The highest BCUT2D eigenvalue weighted by Crippen LogP contribution is 2.32. The molecule has 0 spiro atoms. The molecule has 3 N–H and O–H groups in total. The second kappa shape index (κ2) is 7.38. The summed E-state index contributed by atoms with van der Waals surface area (Å²) in [7, 11) is 0. The maximum Gasteiger partial charge on any atom is 0.240 e. The minimum absolute atomic E-state index is 0. The monoisotopic (exact) mass is 342 g/mol. The number of carbonyl (C=O) groups excluding carboxylic acids is 1. The number of rotatable bonds is 3. The van der Waals surface area contributed by atoms with Crippen molar-refractivity contribution in [1.29, 1.82) is 0 Å². The van der Waals surface area contributed by atoms with Crippen molar-refractivity contribution >= 4 is 18.3 Å². The minimum atomic E-state index is -0.833. The van der Waals surface area contributed by atoms with Gasteiger partial charge in [-0.1, -0.05) is 6.07 Å². The van der Waals surface area contributed by atoms with E-state index in [1.54, 1.807) is 0 Å². The third-order valence-electron chi connectivity index (χ3n) is 4.25. The van der Waals surface area contributed by atoms with E-state index in [-0.39, 0.29) is 24.4 Å². The fourth-order valence-electron chi connectivity index (χ4n) is 2.72. The Balaban J connectivity index is 0.00000192. The van der Waals surface area contributed by atoms with Gasteiger partial charge in [0.05, 0.1) is 11.6 Å². The fraction of sp³-hybridized carbons (Fsp3) is 0.562. The molecule has 0 aromatic heterocycles. The number of amides is 1. The van der Waals surface area contributed by atoms with Crippen molar-refractivity contribution in [3.63, 3.8) is 0 Å². The Morgan fingerprint density at radius 1 is 1.17 bits per heavy atom. The highest BCUT2D eigenvalue weighted by atomic mass is 35.5. The van der Waals surface area contributed by atoms with Crippen LogP contribution in [0.2, 0.25) is 0 Å². The molecule has 1 atom stereocenters. The van der Waals surface area contributed by atoms with Gasteiger partial charge >= 0.3 is 0 Å². The first-order valence-electron chi connectivity index (χ1n) is 7.66. The molecule has 0 saturated carbocycles. The van der Waals surface area contributed by atoms with Crippen molar-refractivity contribution in [3.05, 3.63) is 23.8 Å². The Labute approximate surface area is 142 Å². The lowest BCUT2D eigenvalue weighted by Gasteiger charge is -2.33. The molecule has 6 nitrogen and oxygen atoms in total. The Bertz CT molecular complexity index is 561. The molecule has 1 saturated heterocycles. The summed E-state index contributed by atoms with van der Waals surface area (Å²) in [4.78, 5) is 12.4. The Morgan fingerprint density at radius 3 is 2.52 bits per heavy atom. The smallest absolute Gasteiger partial charge is 0.240 e. The van der Waals surface area contributed by atoms with Gasteiger partial charge in [0.25, 0.3) is 0 Å². The normalized spacial score (nSPS) is 20.1. The molecule has 0 aliphatic carbocycles. The number of nitrogens with one attached hydrogen (secondary N) is 1. The first-order valence-corrected chi connectivity index (χ1v) is 7.66. The summed E-state index contributed by atoms with van der Waals surface area (Å²) in [6.07, 6.45) is 1.10. The van der Waals surface area contributed by atoms with Gasteiger partial charge in [0.2, 0.25) is 5.91 Å². The molecule has 128 valence electrons. The van der Waals surface area contributed by atoms with E-state index in [0.29, 0.717) is 39.3 Å². The lowest BCUT2D eigenvalue weighted by Crippen LogP contribution is -2.57. The summed E-state index contributed by atoms with van der Waals surface area (Å²) >= 11 is 0. The van der Waals surface area contributed by atoms with Gasteiger partial charge in [-0.15, -0.1) is 12.4 Å². The largest absolute Gasteiger partial charge is 0.486 e. The summed E-state index contributed by atoms with van der Waals surface area (Å²) in [5, 5.41) is 3.00. The van der Waals surface area contributed by atoms with Crippen molar-refractivity contribution < 1.29 is 19.0 Å². The van der Waals surface area contributed by atoms with Gasteiger partial charge in [-0.2, -0.15) is 0 Å². The second-order valence-corrected chi connectivity index (χ2v) is 5.87. The van der Waals surface area contributed by atoms with Crippen LogP contribution in [0.5, 0.6) is 11.5 Å². The van der Waals surface area contributed by atoms with E-state index in [2.05, 4.69) is 5.32 Å². The molecule has 1 fully saturated rings. The molecule has 1 amide bonds. The van der Waals surface area contributed by atoms with E-state index >= 15 is 0 Å². The van der Waals surface area contributed by atoms with E-state index in [1.165, 1.54) is 0 Å². The van der Waals surface area contributed by atoms with Gasteiger partial charge in [-0.3, -0.25) is 4.79 Å². The van der Waals surface area contributed by atoms with Crippen LogP contribution in [0.25, 0.3) is 0 Å². The third-order valence-corrected chi connectivity index (χ3v) is 4.25. The summed E-state index contributed by atoms with van der Waals surface area (Å²) in [5.74, 6) is 1.34. The molecule has 2 aliphatic rings. The Hall–Kier alpha value is -1.50. The van der Waals surface area contributed by atoms with Crippen molar-refractivity contribution in [3.8, 4) is 11.5 Å². The van der Waals surface area contributed by atoms with Crippen LogP contribution in [0.1, 0.15) is 31.4 Å². The molecule has 2 aliphatic heterocycles. The zero-order chi connectivity index (χ0) is 15.6. The summed E-state index contributed by atoms with van der Waals surface area (Å²) in [6.45, 7) is 4.11. The minimum Gasteiger partial charge on any atom is -0.486 e. The summed E-state index contributed by atoms with van der Waals surface area (Å²) in [6, 6.07) is 5.57. The number of halogens is 1. The van der Waals surface area contributed by atoms with Crippen LogP contribution in [0.3, 0.4) is 0 Å². The molecule has 0 radical (unpaired) electrons. The molecule has 0 bridgehead atoms. The van der Waals surface area contributed by atoms with E-state index < -0.39 is 5.54 Å². The first kappa shape index (κ1) is 17.8. The molecule has 1 unspecified atom stereocenters. The molecule has 1 aromatic rings. The predicted molar refractivity (Wildman–Crippen MR) is 88.2 cm³/mol. The van der Waals surface area contributed by atoms with Gasteiger partial charge in [-0.25, -0.2) is 0 Å². The summed E-state index contributed by atoms with van der Waals surface area (Å²) in [5.41, 5.74) is 6.34. The zero-order valence-corrected chi connectivity index (χ0v) is 14.0. The van der Waals surface area contributed by atoms with E-state index in [0.717, 1.165) is 17.1 Å². The quantitative estimate of drug-likeness (QED) is 0.871. The summed E-state index contributed by atoms with van der Waals surface area (Å²) < 4.78 is 16.4. The van der Waals surface area contributed by atoms with Crippen LogP contribution in [-0.4, -0.2) is 37.9 Å². The number of carbonyl (C=O) groups is 1. The molecular formula is C16H23ClN2O4. The van der Waals surface area contributed by atoms with E-state index in [4.69, 9.17) is 19.9 Å². The average Bonchev–Trinajstić information content (AvgIpc) is 2.55. The number of nitrogens with two attached hydrogens (primary N) is 1. The van der Waals surface area contributed by atoms with Crippen LogP contribution < -0.4 is 20.5 Å². The van der Waals surface area contributed by atoms with Crippen LogP contribution in [-0.2, 0) is 9.53 Å². The van der Waals surface area contributed by atoms with Gasteiger partial charge in [0.15, 0.2) is 11.5 Å². The van der Waals surface area contributed by atoms with Crippen molar-refractivity contribution in [2.75, 3.05) is 26.4 Å². The van der Waals surface area contributed by atoms with E-state index in [9.17, 15) is 4.79 Å². The van der Waals surface area contributed by atoms with E-state index in [1.807, 2.05) is 25.1 Å². The number of hydrogen-bond acceptors (Lipinski definition) is 5. The molecule has 23 heavy (non-hydrogen) atoms. The lowest BCUT2D eigenvalue weighted by atomic mass is 9.90. The molecule has 3 rings (SSSR count). The Morgan fingerprint density at radius 2 is 1.83 bits per heavy atom. The van der Waals surface area contributed by atoms with Gasteiger partial charge in [-0.05, 0) is 37.5 Å². The topological polar surface area (TPSA) is 82.8 Å². The zero-order valence-electron chi connectivity index (χ0n) is 13.2. The highest BCUT2D eigenvalue weighted by molar-refractivity contribution is 5.86. The SMILES string of the molecule is CC(NC(=O)C1(N)CCOCC1)c1ccc2c(c1)OCCO2.Cl. The van der Waals surface area contributed by atoms with Crippen molar-refractivity contribution in [1.82, 2.24) is 5.32 Å². The number of fused-ring (bicyclic) bond motifs is 1. The van der Waals surface area contributed by atoms with Crippen LogP contribution >= 0.6 is 12.4 Å². The van der Waals surface area contributed by atoms with Crippen molar-refractivity contribution in [2.45, 2.75) is 31.3 Å². The third kappa shape index (κ3) is 3.88. The molecule has 2 heterocycles. The molecule has 1 aromatic carbocycles. The van der Waals surface area contributed by atoms with Crippen LogP contribution in [0.15, 0.2) is 18.2 Å². The number of benzene rings is 1. The molecule has 7 heteroatoms. The molecular weight excluding hydrogens is 320 g/mol. The predicted octanol–water partition coefficient (Wildman–Crippen LogP) is 1.56. The fourth-order valence-corrected chi connectivity index (χ4v) is 2.72. The van der Waals surface area contributed by atoms with Gasteiger partial charge in [0, 0.05) is 13.2 Å². The average molecular weight is 343 g/mol. The Kier molecular flexibility index (Phi) is 5.73.